The zero-order chi connectivity index (χ0) is 17.3. The Morgan fingerprint density at radius 3 is 1.70 bits per heavy atom. The van der Waals surface area contributed by atoms with E-state index in [0.29, 0.717) is 6.54 Å². The van der Waals surface area contributed by atoms with E-state index in [1.807, 2.05) is 0 Å². The molecular formula is C17H36NO4P. The number of hydrogen-bond donors (Lipinski definition) is 2. The number of nitrogens with zero attached hydrogens (tertiary/aromatic N) is 1. The van der Waals surface area contributed by atoms with E-state index in [9.17, 15) is 9.36 Å². The molecule has 23 heavy (non-hydrogen) atoms. The fourth-order valence-electron chi connectivity index (χ4n) is 2.74. The third kappa shape index (κ3) is 12.7. The molecule has 0 spiro atoms. The van der Waals surface area contributed by atoms with E-state index in [4.69, 9.17) is 10.2 Å². The lowest BCUT2D eigenvalue weighted by Crippen LogP contribution is -2.38. The van der Waals surface area contributed by atoms with Gasteiger partial charge in [-0.1, -0.05) is 77.6 Å². The first-order valence-corrected chi connectivity index (χ1v) is 10.2. The summed E-state index contributed by atoms with van der Waals surface area (Å²) < 4.78 is 12.5. The number of rotatable bonds is 17. The van der Waals surface area contributed by atoms with Gasteiger partial charge < -0.3 is 14.8 Å². The van der Waals surface area contributed by atoms with Crippen LogP contribution in [0.2, 0.25) is 0 Å². The highest BCUT2D eigenvalue weighted by atomic mass is 31.1. The van der Waals surface area contributed by atoms with Gasteiger partial charge in [0.25, 0.3) is 0 Å². The van der Waals surface area contributed by atoms with Crippen LogP contribution in [0.15, 0.2) is 0 Å². The molecule has 2 atom stereocenters. The molecule has 0 fully saturated rings. The topological polar surface area (TPSA) is 77.8 Å². The minimum absolute atomic E-state index is 0.483. The Bertz CT molecular complexity index is 302. The number of aliphatic hydroxyl groups is 1. The normalized spacial score (nSPS) is 13.2. The maximum absolute atomic E-state index is 11.1. The van der Waals surface area contributed by atoms with Gasteiger partial charge in [0.15, 0.2) is 0 Å². The number of unbranched alkanes of at least 4 members (excludes halogenated alkanes) is 11. The van der Waals surface area contributed by atoms with Crippen LogP contribution in [0.1, 0.15) is 84.0 Å². The van der Waals surface area contributed by atoms with Gasteiger partial charge in [-0.2, -0.15) is 0 Å². The highest BCUT2D eigenvalue weighted by molar-refractivity contribution is 7.20. The van der Waals surface area contributed by atoms with E-state index in [-0.39, 0.29) is 0 Å². The molecule has 0 aliphatic carbocycles. The average Bonchev–Trinajstić information content (AvgIpc) is 2.54. The Labute approximate surface area is 142 Å². The van der Waals surface area contributed by atoms with Crippen LogP contribution in [-0.2, 0) is 9.36 Å². The van der Waals surface area contributed by atoms with Crippen molar-refractivity contribution in [2.75, 3.05) is 13.2 Å². The molecule has 5 nitrogen and oxygen atoms in total. The number of carbonyl (C=O) groups is 1. The SMILES string of the molecule is CCCCCCCCCCCCCCN([PH2]=O)C(CO)C(=O)O. The van der Waals surface area contributed by atoms with Crippen molar-refractivity contribution in [1.82, 2.24) is 4.67 Å². The maximum Gasteiger partial charge on any atom is 0.323 e. The molecule has 0 saturated heterocycles. The molecule has 138 valence electrons. The second kappa shape index (κ2) is 16.5. The first-order valence-electron chi connectivity index (χ1n) is 9.22. The van der Waals surface area contributed by atoms with Gasteiger partial charge in [-0.05, 0) is 6.42 Å². The monoisotopic (exact) mass is 349 g/mol. The molecule has 0 saturated carbocycles. The van der Waals surface area contributed by atoms with Crippen molar-refractivity contribution in [2.45, 2.75) is 90.0 Å². The summed E-state index contributed by atoms with van der Waals surface area (Å²) in [7, 11) is -1.30. The van der Waals surface area contributed by atoms with E-state index < -0.39 is 27.2 Å². The van der Waals surface area contributed by atoms with Gasteiger partial charge in [-0.25, -0.2) is 4.67 Å². The van der Waals surface area contributed by atoms with Crippen LogP contribution in [-0.4, -0.2) is 40.0 Å². The minimum Gasteiger partial charge on any atom is -0.480 e. The zero-order valence-corrected chi connectivity index (χ0v) is 15.9. The van der Waals surface area contributed by atoms with Crippen LogP contribution in [0.4, 0.5) is 0 Å². The summed E-state index contributed by atoms with van der Waals surface area (Å²) in [5.74, 6) is -1.10. The first kappa shape index (κ1) is 22.6. The summed E-state index contributed by atoms with van der Waals surface area (Å²) in [5, 5.41) is 18.0. The quantitative estimate of drug-likeness (QED) is 0.305. The first-order chi connectivity index (χ1) is 11.2. The molecule has 0 bridgehead atoms. The molecule has 0 rings (SSSR count). The molecule has 0 amide bonds. The van der Waals surface area contributed by atoms with E-state index in [2.05, 4.69) is 6.92 Å². The summed E-state index contributed by atoms with van der Waals surface area (Å²) >= 11 is 0. The van der Waals surface area contributed by atoms with E-state index in [1.165, 1.54) is 62.5 Å². The van der Waals surface area contributed by atoms with Crippen LogP contribution < -0.4 is 0 Å². The summed E-state index contributed by atoms with van der Waals surface area (Å²) in [6.07, 6.45) is 14.9. The van der Waals surface area contributed by atoms with Crippen molar-refractivity contribution in [1.29, 1.82) is 0 Å². The van der Waals surface area contributed by atoms with Crippen molar-refractivity contribution in [3.8, 4) is 0 Å². The predicted octanol–water partition coefficient (Wildman–Crippen LogP) is 4.11. The number of aliphatic carboxylic acids is 1. The number of aliphatic hydroxyl groups excluding tert-OH is 1. The molecular weight excluding hydrogens is 313 g/mol. The summed E-state index contributed by atoms with van der Waals surface area (Å²) in [4.78, 5) is 10.9. The summed E-state index contributed by atoms with van der Waals surface area (Å²) in [6, 6.07) is -1.02. The molecule has 6 heteroatoms. The highest BCUT2D eigenvalue weighted by Gasteiger charge is 2.23. The lowest BCUT2D eigenvalue weighted by molar-refractivity contribution is -0.142. The van der Waals surface area contributed by atoms with Crippen LogP contribution in [0.5, 0.6) is 0 Å². The van der Waals surface area contributed by atoms with Gasteiger partial charge in [0, 0.05) is 6.54 Å². The summed E-state index contributed by atoms with van der Waals surface area (Å²) in [5.41, 5.74) is 0. The molecule has 2 N–H and O–H groups in total. The third-order valence-electron chi connectivity index (χ3n) is 4.26. The minimum atomic E-state index is -1.30. The molecule has 0 radical (unpaired) electrons. The number of carboxylic acids is 1. The van der Waals surface area contributed by atoms with Crippen LogP contribution in [0, 0.1) is 0 Å². The molecule has 2 unspecified atom stereocenters. The molecule has 0 heterocycles. The lowest BCUT2D eigenvalue weighted by atomic mass is 10.1. The number of carboxylic acid groups (broad SMARTS) is 1. The fourth-order valence-corrected chi connectivity index (χ4v) is 3.40. The van der Waals surface area contributed by atoms with Crippen molar-refractivity contribution in [2.24, 2.45) is 0 Å². The predicted molar refractivity (Wildman–Crippen MR) is 96.7 cm³/mol. The second-order valence-electron chi connectivity index (χ2n) is 6.27. The lowest BCUT2D eigenvalue weighted by Gasteiger charge is -2.21. The standard InChI is InChI=1S/C17H36NO4P/c1-2-3-4-5-6-7-8-9-10-11-12-13-14-18(23-22)16(15-19)17(20)21/h16,19H,2-15,23H2,1H3,(H,20,21). The molecule has 0 aliphatic heterocycles. The van der Waals surface area contributed by atoms with Gasteiger partial charge in [-0.15, -0.1) is 0 Å². The number of hydrogen-bond acceptors (Lipinski definition) is 3. The van der Waals surface area contributed by atoms with Crippen molar-refractivity contribution >= 4 is 14.6 Å². The Balaban J connectivity index is 3.47. The molecule has 0 aromatic heterocycles. The van der Waals surface area contributed by atoms with Crippen molar-refractivity contribution < 1.29 is 19.6 Å². The van der Waals surface area contributed by atoms with E-state index >= 15 is 0 Å². The molecule has 0 aliphatic rings. The Morgan fingerprint density at radius 2 is 1.35 bits per heavy atom. The Kier molecular flexibility index (Phi) is 16.2. The van der Waals surface area contributed by atoms with Crippen molar-refractivity contribution in [3.05, 3.63) is 0 Å². The maximum atomic E-state index is 11.1. The molecule has 0 aromatic carbocycles. The van der Waals surface area contributed by atoms with Gasteiger partial charge in [-0.3, -0.25) is 4.79 Å². The smallest absolute Gasteiger partial charge is 0.323 e. The van der Waals surface area contributed by atoms with Crippen LogP contribution in [0.3, 0.4) is 0 Å². The van der Waals surface area contributed by atoms with Gasteiger partial charge in [0.05, 0.1) is 6.61 Å². The van der Waals surface area contributed by atoms with Gasteiger partial charge in [0.1, 0.15) is 14.7 Å². The van der Waals surface area contributed by atoms with Crippen molar-refractivity contribution in [3.63, 3.8) is 0 Å². The largest absolute Gasteiger partial charge is 0.480 e. The van der Waals surface area contributed by atoms with E-state index in [1.54, 1.807) is 0 Å². The fraction of sp³-hybridized carbons (Fsp3) is 0.941. The van der Waals surface area contributed by atoms with Gasteiger partial charge >= 0.3 is 5.97 Å². The van der Waals surface area contributed by atoms with Gasteiger partial charge in [0.2, 0.25) is 0 Å². The average molecular weight is 349 g/mol. The highest BCUT2D eigenvalue weighted by Crippen LogP contribution is 2.15. The zero-order valence-electron chi connectivity index (χ0n) is 14.7. The third-order valence-corrected chi connectivity index (χ3v) is 5.15. The Hall–Kier alpha value is -0.380. The Morgan fingerprint density at radius 1 is 0.913 bits per heavy atom. The summed E-state index contributed by atoms with van der Waals surface area (Å²) in [6.45, 7) is 2.25. The second-order valence-corrected chi connectivity index (χ2v) is 7.14. The van der Waals surface area contributed by atoms with E-state index in [0.717, 1.165) is 19.3 Å². The van der Waals surface area contributed by atoms with Crippen LogP contribution >= 0.6 is 8.61 Å². The van der Waals surface area contributed by atoms with Crippen LogP contribution in [0.25, 0.3) is 0 Å². The molecule has 0 aromatic rings.